The first-order valence-corrected chi connectivity index (χ1v) is 22.9. The van der Waals surface area contributed by atoms with Crippen molar-refractivity contribution in [1.29, 1.82) is 5.26 Å². The quantitative estimate of drug-likeness (QED) is 0.0358. The van der Waals surface area contributed by atoms with Gasteiger partial charge in [-0.25, -0.2) is 43.6 Å². The van der Waals surface area contributed by atoms with Gasteiger partial charge in [-0.3, -0.25) is 10.1 Å². The number of non-ortho nitro benzene ring substituents is 1. The zero-order valence-corrected chi connectivity index (χ0v) is 38.8. The first-order chi connectivity index (χ1) is 28.8. The molecule has 4 aromatic carbocycles. The van der Waals surface area contributed by atoms with Gasteiger partial charge < -0.3 is 28.8 Å². The molecule has 2 N–H and O–H groups in total. The molecule has 0 saturated carbocycles. The van der Waals surface area contributed by atoms with Crippen LogP contribution in [0.1, 0.15) is 16.8 Å². The minimum atomic E-state index is -5.47. The van der Waals surface area contributed by atoms with E-state index >= 15 is 0 Å². The van der Waals surface area contributed by atoms with Crippen molar-refractivity contribution in [2.75, 3.05) is 10.6 Å². The summed E-state index contributed by atoms with van der Waals surface area (Å²) in [7, 11) is -20.5. The summed E-state index contributed by atoms with van der Waals surface area (Å²) in [5.41, 5.74) is -0.859. The fourth-order valence-electron chi connectivity index (χ4n) is 5.46. The van der Waals surface area contributed by atoms with Crippen molar-refractivity contribution in [2.45, 2.75) is 33.4 Å². The Hall–Kier alpha value is -4.36. The molecule has 0 aliphatic rings. The van der Waals surface area contributed by atoms with Crippen molar-refractivity contribution in [3.05, 3.63) is 99.7 Å². The summed E-state index contributed by atoms with van der Waals surface area (Å²) in [6, 6.07) is 13.7. The molecule has 6 aromatic rings. The molecule has 0 saturated heterocycles. The normalized spacial score (nSPS) is 11.8. The maximum Gasteiger partial charge on any atom is 1.00 e. The molecule has 0 atom stereocenters. The molecule has 0 aliphatic carbocycles. The van der Waals surface area contributed by atoms with Gasteiger partial charge in [-0.05, 0) is 74.5 Å². The molecule has 24 nitrogen and oxygen atoms in total. The number of hydrogen-bond donors (Lipinski definition) is 2. The fourth-order valence-corrected chi connectivity index (χ4v) is 8.52. The van der Waals surface area contributed by atoms with E-state index < -0.39 is 87.1 Å². The molecular formula is C33H20Li4N10O14S5. The first-order valence-electron chi connectivity index (χ1n) is 16.4. The van der Waals surface area contributed by atoms with Crippen LogP contribution in [0.25, 0.3) is 10.8 Å². The number of aryl methyl sites for hydroxylation is 1. The van der Waals surface area contributed by atoms with Gasteiger partial charge in [0.25, 0.3) is 5.69 Å². The maximum absolute atomic E-state index is 12.2. The van der Waals surface area contributed by atoms with Crippen LogP contribution in [-0.2, 0) is 40.5 Å². The Balaban J connectivity index is 0.00000374. The van der Waals surface area contributed by atoms with Crippen LogP contribution in [0.5, 0.6) is 0 Å². The van der Waals surface area contributed by atoms with Crippen LogP contribution >= 0.6 is 11.3 Å². The van der Waals surface area contributed by atoms with Gasteiger partial charge in [0.05, 0.1) is 41.5 Å². The standard InChI is InChI=1S/C33H24N10O14S5.4Li/c1-16-26(15-34)30(36-18-3-7-22(8-4-18)59(46,47)48)38-31(37-19-5-9-23(10-6-19)60(49,50)51)29(16)40-42-33-35-17(2)32(58-33)41-39-20-11-24-25(27(12-20)61(52,53)54)13-21(43(44)45)14-28(24)62(55,56)57;;;;/h3-14H,1-2H3,(H2,36,37,38)(H,46,47,48)(H,49,50,51)(H,52,53,54)(H,55,56,57);;;;/q;4*+1/p-4. The van der Waals surface area contributed by atoms with Crippen molar-refractivity contribution in [1.82, 2.24) is 9.97 Å². The Morgan fingerprint density at radius 1 is 0.636 bits per heavy atom. The Labute approximate surface area is 426 Å². The van der Waals surface area contributed by atoms with Gasteiger partial charge in [0.2, 0.25) is 5.13 Å². The largest absolute Gasteiger partial charge is 1.00 e. The Kier molecular flexibility index (Phi) is 19.4. The predicted octanol–water partition coefficient (Wildman–Crippen LogP) is -5.96. The number of azo groups is 2. The minimum absolute atomic E-state index is 0. The van der Waals surface area contributed by atoms with Crippen molar-refractivity contribution in [3.63, 3.8) is 0 Å². The van der Waals surface area contributed by atoms with E-state index in [-0.39, 0.29) is 131 Å². The smallest absolute Gasteiger partial charge is 0.744 e. The molecule has 0 spiro atoms. The number of hydrogen-bond acceptors (Lipinski definition) is 24. The van der Waals surface area contributed by atoms with Crippen molar-refractivity contribution < 1.29 is 132 Å². The number of fused-ring (bicyclic) bond motifs is 1. The summed E-state index contributed by atoms with van der Waals surface area (Å²) in [6.45, 7) is 2.93. The molecule has 320 valence electrons. The minimum Gasteiger partial charge on any atom is -0.744 e. The van der Waals surface area contributed by atoms with Gasteiger partial charge >= 0.3 is 75.4 Å². The van der Waals surface area contributed by atoms with Gasteiger partial charge in [0.15, 0.2) is 16.6 Å². The predicted molar refractivity (Wildman–Crippen MR) is 211 cm³/mol. The second-order valence-electron chi connectivity index (χ2n) is 12.4. The van der Waals surface area contributed by atoms with E-state index in [1.165, 1.54) is 38.1 Å². The fraction of sp³-hybridized carbons (Fsp3) is 0.0606. The van der Waals surface area contributed by atoms with E-state index in [0.29, 0.717) is 18.2 Å². The third kappa shape index (κ3) is 13.4. The molecule has 0 bridgehead atoms. The second kappa shape index (κ2) is 22.2. The number of pyridine rings is 1. The van der Waals surface area contributed by atoms with Gasteiger partial charge in [-0.1, -0.05) is 11.3 Å². The van der Waals surface area contributed by atoms with E-state index in [9.17, 15) is 67.3 Å². The molecule has 2 aromatic heterocycles. The first kappa shape index (κ1) is 57.8. The van der Waals surface area contributed by atoms with Gasteiger partial charge in [-0.15, -0.1) is 20.5 Å². The van der Waals surface area contributed by atoms with E-state index in [0.717, 1.165) is 41.7 Å². The van der Waals surface area contributed by atoms with Crippen LogP contribution < -0.4 is 86.1 Å². The molecule has 0 fully saturated rings. The number of aromatic nitrogens is 2. The van der Waals surface area contributed by atoms with Crippen LogP contribution in [0, 0.1) is 35.3 Å². The maximum atomic E-state index is 12.2. The number of benzene rings is 4. The zero-order chi connectivity index (χ0) is 45.5. The van der Waals surface area contributed by atoms with Crippen LogP contribution in [0.4, 0.5) is 50.2 Å². The number of thiazole rings is 1. The topological polar surface area (TPSA) is 395 Å². The molecule has 0 amide bonds. The molecule has 0 aliphatic heterocycles. The molecule has 0 unspecified atom stereocenters. The van der Waals surface area contributed by atoms with Crippen molar-refractivity contribution in [2.24, 2.45) is 20.5 Å². The second-order valence-corrected chi connectivity index (χ2v) is 18.8. The SMILES string of the molecule is Cc1nc(N=Nc2c(Nc3ccc(S(=O)(=O)[O-])cc3)nc(Nc3ccc(S(=O)(=O)[O-])cc3)c(C#N)c2C)sc1N=Nc1cc(S(=O)(=O)[O-])c2cc([N+](=O)[O-])cc(S(=O)(=O)[O-])c2c1.[Li+].[Li+].[Li+].[Li+]. The van der Waals surface area contributed by atoms with Gasteiger partial charge in [0, 0.05) is 39.8 Å². The number of anilines is 4. The molecular weight excluding hydrogens is 949 g/mol. The average molecular weight is 969 g/mol. The number of rotatable bonds is 13. The van der Waals surface area contributed by atoms with E-state index in [1.807, 2.05) is 6.07 Å². The van der Waals surface area contributed by atoms with Crippen LogP contribution in [0.2, 0.25) is 0 Å². The number of nitro benzene ring substituents is 1. The molecule has 66 heavy (non-hydrogen) atoms. The molecule has 2 heterocycles. The number of nitriles is 1. The monoisotopic (exact) mass is 968 g/mol. The Bertz CT molecular complexity index is 3430. The van der Waals surface area contributed by atoms with Crippen molar-refractivity contribution >= 4 is 113 Å². The van der Waals surface area contributed by atoms with Crippen LogP contribution in [-0.4, -0.2) is 66.8 Å². The van der Waals surface area contributed by atoms with E-state index in [2.05, 4.69) is 41.1 Å². The number of nitro groups is 1. The molecule has 0 radical (unpaired) electrons. The van der Waals surface area contributed by atoms with E-state index in [4.69, 9.17) is 0 Å². The summed E-state index contributed by atoms with van der Waals surface area (Å²) in [6.07, 6.45) is 0. The van der Waals surface area contributed by atoms with Crippen LogP contribution in [0.15, 0.2) is 113 Å². The molecule has 33 heteroatoms. The number of nitrogens with one attached hydrogen (secondary N) is 2. The molecule has 6 rings (SSSR count). The third-order valence-corrected chi connectivity index (χ3v) is 12.7. The number of nitrogens with zero attached hydrogens (tertiary/aromatic N) is 8. The third-order valence-electron chi connectivity index (χ3n) is 8.30. The summed E-state index contributed by atoms with van der Waals surface area (Å²) in [4.78, 5) is 15.6. The van der Waals surface area contributed by atoms with Crippen LogP contribution in [0.3, 0.4) is 0 Å². The zero-order valence-electron chi connectivity index (χ0n) is 34.8. The summed E-state index contributed by atoms with van der Waals surface area (Å²) >= 11 is 0.759. The Morgan fingerprint density at radius 3 is 1.59 bits per heavy atom. The van der Waals surface area contributed by atoms with Gasteiger partial charge in [-0.2, -0.15) is 5.26 Å². The summed E-state index contributed by atoms with van der Waals surface area (Å²) in [5.74, 6) is -0.182. The average Bonchev–Trinajstić information content (AvgIpc) is 3.53. The van der Waals surface area contributed by atoms with Crippen molar-refractivity contribution in [3.8, 4) is 6.07 Å². The summed E-state index contributed by atoms with van der Waals surface area (Å²) in [5, 5.41) is 42.1. The summed E-state index contributed by atoms with van der Waals surface area (Å²) < 4.78 is 141. The Morgan fingerprint density at radius 2 is 1.12 bits per heavy atom. The van der Waals surface area contributed by atoms with Gasteiger partial charge in [0.1, 0.15) is 52.2 Å². The van der Waals surface area contributed by atoms with E-state index in [1.54, 1.807) is 0 Å².